The Labute approximate surface area is 169 Å². The highest BCUT2D eigenvalue weighted by atomic mass is 16.5. The summed E-state index contributed by atoms with van der Waals surface area (Å²) < 4.78 is 6.86. The molecule has 0 saturated carbocycles. The molecule has 0 spiro atoms. The van der Waals surface area contributed by atoms with Gasteiger partial charge in [0.15, 0.2) is 0 Å². The number of pyridine rings is 2. The monoisotopic (exact) mass is 395 g/mol. The molecular formula is C21H25N5O3. The average Bonchev–Trinajstić information content (AvgIpc) is 3.16. The third-order valence-corrected chi connectivity index (χ3v) is 4.64. The minimum Gasteiger partial charge on any atom is -0.337 e. The van der Waals surface area contributed by atoms with Gasteiger partial charge in [-0.1, -0.05) is 19.0 Å². The van der Waals surface area contributed by atoms with E-state index in [4.69, 9.17) is 4.52 Å². The first-order valence-corrected chi connectivity index (χ1v) is 9.55. The fourth-order valence-corrected chi connectivity index (χ4v) is 2.90. The smallest absolute Gasteiger partial charge is 0.263 e. The van der Waals surface area contributed by atoms with Gasteiger partial charge in [0.25, 0.3) is 11.5 Å². The molecule has 3 rings (SSSR count). The van der Waals surface area contributed by atoms with Gasteiger partial charge in [-0.05, 0) is 43.0 Å². The van der Waals surface area contributed by atoms with Crippen molar-refractivity contribution < 1.29 is 9.32 Å². The van der Waals surface area contributed by atoms with E-state index in [9.17, 15) is 9.59 Å². The number of aryl methyl sites for hydroxylation is 2. The summed E-state index contributed by atoms with van der Waals surface area (Å²) >= 11 is 0. The van der Waals surface area contributed by atoms with E-state index < -0.39 is 0 Å². The lowest BCUT2D eigenvalue weighted by molar-refractivity contribution is 0.0766. The molecule has 1 amide bonds. The number of carbonyl (C=O) groups is 1. The van der Waals surface area contributed by atoms with Crippen molar-refractivity contribution >= 4 is 5.91 Å². The minimum atomic E-state index is -0.368. The first kappa shape index (κ1) is 20.4. The first-order chi connectivity index (χ1) is 13.9. The van der Waals surface area contributed by atoms with Gasteiger partial charge in [0, 0.05) is 37.7 Å². The summed E-state index contributed by atoms with van der Waals surface area (Å²) in [5.74, 6) is 0.790. The molecule has 0 N–H and O–H groups in total. The van der Waals surface area contributed by atoms with Crippen LogP contribution in [0.4, 0.5) is 0 Å². The molecule has 0 bridgehead atoms. The highest BCUT2D eigenvalue weighted by Gasteiger charge is 2.21. The molecular weight excluding hydrogens is 370 g/mol. The van der Waals surface area contributed by atoms with Crippen molar-refractivity contribution in [1.82, 2.24) is 24.6 Å². The lowest BCUT2D eigenvalue weighted by Crippen LogP contribution is -2.35. The van der Waals surface area contributed by atoms with Gasteiger partial charge in [-0.2, -0.15) is 4.98 Å². The van der Waals surface area contributed by atoms with Crippen LogP contribution in [0.3, 0.4) is 0 Å². The predicted octanol–water partition coefficient (Wildman–Crippen LogP) is 2.92. The van der Waals surface area contributed by atoms with Gasteiger partial charge in [-0.3, -0.25) is 14.6 Å². The van der Waals surface area contributed by atoms with E-state index in [1.54, 1.807) is 49.3 Å². The molecule has 3 aromatic heterocycles. The van der Waals surface area contributed by atoms with Crippen molar-refractivity contribution in [1.29, 1.82) is 0 Å². The van der Waals surface area contributed by atoms with E-state index in [0.717, 1.165) is 12.0 Å². The highest BCUT2D eigenvalue weighted by molar-refractivity contribution is 5.95. The van der Waals surface area contributed by atoms with E-state index in [-0.39, 0.29) is 29.5 Å². The Balaban J connectivity index is 1.78. The SMILES string of the molecule is Cc1ccn(CCC(C)C)c(=O)c1C(=O)N(C)Cc1nc(-c2cccnc2)no1. The fourth-order valence-electron chi connectivity index (χ4n) is 2.90. The summed E-state index contributed by atoms with van der Waals surface area (Å²) in [6.45, 7) is 6.65. The first-order valence-electron chi connectivity index (χ1n) is 9.55. The van der Waals surface area contributed by atoms with Crippen LogP contribution >= 0.6 is 0 Å². The zero-order valence-electron chi connectivity index (χ0n) is 17.1. The average molecular weight is 395 g/mol. The van der Waals surface area contributed by atoms with Gasteiger partial charge in [0.1, 0.15) is 12.1 Å². The number of hydrogen-bond acceptors (Lipinski definition) is 6. The van der Waals surface area contributed by atoms with Crippen LogP contribution in [0.2, 0.25) is 0 Å². The van der Waals surface area contributed by atoms with Crippen LogP contribution in [0.15, 0.2) is 46.1 Å². The van der Waals surface area contributed by atoms with E-state index in [2.05, 4.69) is 29.0 Å². The Morgan fingerprint density at radius 2 is 2.10 bits per heavy atom. The number of aromatic nitrogens is 4. The molecule has 0 aliphatic carbocycles. The maximum absolute atomic E-state index is 13.0. The molecule has 0 saturated heterocycles. The molecule has 0 aromatic carbocycles. The zero-order chi connectivity index (χ0) is 21.0. The largest absolute Gasteiger partial charge is 0.337 e. The van der Waals surface area contributed by atoms with E-state index in [1.807, 2.05) is 6.07 Å². The van der Waals surface area contributed by atoms with Gasteiger partial charge in [-0.25, -0.2) is 0 Å². The van der Waals surface area contributed by atoms with Crippen molar-refractivity contribution in [2.75, 3.05) is 7.05 Å². The summed E-state index contributed by atoms with van der Waals surface area (Å²) in [4.78, 5) is 35.6. The van der Waals surface area contributed by atoms with E-state index >= 15 is 0 Å². The molecule has 0 fully saturated rings. The molecule has 152 valence electrons. The Kier molecular flexibility index (Phi) is 6.21. The summed E-state index contributed by atoms with van der Waals surface area (Å²) in [5.41, 5.74) is 1.27. The molecule has 3 heterocycles. The molecule has 0 aliphatic rings. The molecule has 8 heteroatoms. The Bertz CT molecular complexity index is 1040. The lowest BCUT2D eigenvalue weighted by atomic mass is 10.1. The summed E-state index contributed by atoms with van der Waals surface area (Å²) in [7, 11) is 1.61. The lowest BCUT2D eigenvalue weighted by Gasteiger charge is -2.17. The van der Waals surface area contributed by atoms with Crippen molar-refractivity contribution in [3.8, 4) is 11.4 Å². The number of nitrogens with zero attached hydrogens (tertiary/aromatic N) is 5. The maximum Gasteiger partial charge on any atom is 0.263 e. The van der Waals surface area contributed by atoms with E-state index in [0.29, 0.717) is 23.9 Å². The third kappa shape index (κ3) is 4.77. The van der Waals surface area contributed by atoms with Gasteiger partial charge in [-0.15, -0.1) is 0 Å². The Hall–Kier alpha value is -3.29. The molecule has 3 aromatic rings. The molecule has 0 radical (unpaired) electrons. The van der Waals surface area contributed by atoms with Crippen LogP contribution in [-0.4, -0.2) is 37.5 Å². The molecule has 8 nitrogen and oxygen atoms in total. The molecule has 29 heavy (non-hydrogen) atoms. The quantitative estimate of drug-likeness (QED) is 0.610. The second-order valence-electron chi connectivity index (χ2n) is 7.47. The molecule has 0 aliphatic heterocycles. The summed E-state index contributed by atoms with van der Waals surface area (Å²) in [6, 6.07) is 5.41. The Morgan fingerprint density at radius 3 is 2.79 bits per heavy atom. The predicted molar refractivity (Wildman–Crippen MR) is 108 cm³/mol. The van der Waals surface area contributed by atoms with Crippen LogP contribution in [0, 0.1) is 12.8 Å². The number of rotatable bonds is 7. The summed E-state index contributed by atoms with van der Waals surface area (Å²) in [6.07, 6.45) is 5.91. The second-order valence-corrected chi connectivity index (χ2v) is 7.47. The summed E-state index contributed by atoms with van der Waals surface area (Å²) in [5, 5.41) is 3.93. The maximum atomic E-state index is 13.0. The van der Waals surface area contributed by atoms with Crippen molar-refractivity contribution in [3.63, 3.8) is 0 Å². The van der Waals surface area contributed by atoms with Crippen molar-refractivity contribution in [2.45, 2.75) is 40.3 Å². The fraction of sp³-hybridized carbons (Fsp3) is 0.381. The highest BCUT2D eigenvalue weighted by Crippen LogP contribution is 2.15. The van der Waals surface area contributed by atoms with Crippen LogP contribution in [-0.2, 0) is 13.1 Å². The Morgan fingerprint density at radius 1 is 1.31 bits per heavy atom. The van der Waals surface area contributed by atoms with Gasteiger partial charge in [0.2, 0.25) is 11.7 Å². The number of amides is 1. The van der Waals surface area contributed by atoms with Crippen molar-refractivity contribution in [2.24, 2.45) is 5.92 Å². The second kappa shape index (κ2) is 8.81. The van der Waals surface area contributed by atoms with Gasteiger partial charge < -0.3 is 14.0 Å². The van der Waals surface area contributed by atoms with Crippen LogP contribution < -0.4 is 5.56 Å². The van der Waals surface area contributed by atoms with Gasteiger partial charge in [0.05, 0.1) is 0 Å². The van der Waals surface area contributed by atoms with Crippen LogP contribution in [0.25, 0.3) is 11.4 Å². The molecule has 0 atom stereocenters. The van der Waals surface area contributed by atoms with Crippen molar-refractivity contribution in [3.05, 3.63) is 64.2 Å². The van der Waals surface area contributed by atoms with E-state index in [1.165, 1.54) is 4.90 Å². The number of hydrogen-bond donors (Lipinski definition) is 0. The van der Waals surface area contributed by atoms with Crippen LogP contribution in [0.5, 0.6) is 0 Å². The number of carbonyl (C=O) groups excluding carboxylic acids is 1. The molecule has 0 unspecified atom stereocenters. The van der Waals surface area contributed by atoms with Gasteiger partial charge >= 0.3 is 0 Å². The zero-order valence-corrected chi connectivity index (χ0v) is 17.1. The standard InChI is InChI=1S/C21H25N5O3/c1-14(2)7-10-26-11-8-15(3)18(21(26)28)20(27)25(4)13-17-23-19(24-29-17)16-6-5-9-22-12-16/h5-6,8-9,11-12,14H,7,10,13H2,1-4H3. The third-order valence-electron chi connectivity index (χ3n) is 4.64. The minimum absolute atomic E-state index is 0.103. The topological polar surface area (TPSA) is 94.1 Å². The normalized spacial score (nSPS) is 11.1. The van der Waals surface area contributed by atoms with Crippen LogP contribution in [0.1, 0.15) is 42.1 Å².